The number of carbonyl (C=O) groups excluding carboxylic acids is 1. The number of aryl methyl sites for hydroxylation is 2. The SMILES string of the molecule is Cc1nc2nc(NC(=O)OCC3c4ccccc4-c4ccccc43)nn2c(C)c1CCC(=O)O. The van der Waals surface area contributed by atoms with Crippen molar-refractivity contribution in [1.82, 2.24) is 19.6 Å². The molecule has 9 heteroatoms. The summed E-state index contributed by atoms with van der Waals surface area (Å²) in [5.74, 6) is -0.531. The summed E-state index contributed by atoms with van der Waals surface area (Å²) in [6.45, 7) is 3.81. The zero-order valence-corrected chi connectivity index (χ0v) is 18.8. The van der Waals surface area contributed by atoms with Gasteiger partial charge in [0.15, 0.2) is 0 Å². The maximum Gasteiger partial charge on any atom is 0.414 e. The summed E-state index contributed by atoms with van der Waals surface area (Å²) in [6.07, 6.45) is -0.322. The lowest BCUT2D eigenvalue weighted by Gasteiger charge is -2.13. The van der Waals surface area contributed by atoms with E-state index in [1.807, 2.05) is 31.2 Å². The highest BCUT2D eigenvalue weighted by Crippen LogP contribution is 2.44. The van der Waals surface area contributed by atoms with Crippen LogP contribution in [0.25, 0.3) is 16.9 Å². The van der Waals surface area contributed by atoms with Crippen molar-refractivity contribution in [2.45, 2.75) is 32.6 Å². The van der Waals surface area contributed by atoms with E-state index in [1.54, 1.807) is 6.92 Å². The van der Waals surface area contributed by atoms with Gasteiger partial charge in [0.25, 0.3) is 11.7 Å². The highest BCUT2D eigenvalue weighted by Gasteiger charge is 2.29. The molecule has 1 aliphatic carbocycles. The summed E-state index contributed by atoms with van der Waals surface area (Å²) in [5, 5.41) is 15.9. The van der Waals surface area contributed by atoms with Crippen LogP contribution < -0.4 is 5.32 Å². The van der Waals surface area contributed by atoms with Gasteiger partial charge < -0.3 is 9.84 Å². The summed E-state index contributed by atoms with van der Waals surface area (Å²) in [6, 6.07) is 16.3. The molecule has 0 atom stereocenters. The Labute approximate surface area is 195 Å². The van der Waals surface area contributed by atoms with Crippen LogP contribution in [-0.2, 0) is 16.0 Å². The average molecular weight is 457 g/mol. The number of anilines is 1. The summed E-state index contributed by atoms with van der Waals surface area (Å²) in [7, 11) is 0. The van der Waals surface area contributed by atoms with Crippen molar-refractivity contribution >= 4 is 23.8 Å². The molecule has 1 amide bonds. The molecule has 2 heterocycles. The van der Waals surface area contributed by atoms with E-state index in [2.05, 4.69) is 44.6 Å². The van der Waals surface area contributed by atoms with Crippen molar-refractivity contribution in [3.63, 3.8) is 0 Å². The lowest BCUT2D eigenvalue weighted by atomic mass is 9.98. The third-order valence-corrected chi connectivity index (χ3v) is 6.20. The summed E-state index contributed by atoms with van der Waals surface area (Å²) in [4.78, 5) is 32.2. The number of fused-ring (bicyclic) bond motifs is 4. The van der Waals surface area contributed by atoms with E-state index in [-0.39, 0.29) is 24.9 Å². The van der Waals surface area contributed by atoms with Gasteiger partial charge in [0.05, 0.1) is 0 Å². The van der Waals surface area contributed by atoms with Crippen molar-refractivity contribution in [3.05, 3.63) is 76.6 Å². The van der Waals surface area contributed by atoms with Gasteiger partial charge in [-0.3, -0.25) is 10.1 Å². The average Bonchev–Trinajstić information content (AvgIpc) is 3.36. The van der Waals surface area contributed by atoms with Crippen LogP contribution in [0.5, 0.6) is 0 Å². The number of carboxylic acid groups (broad SMARTS) is 1. The van der Waals surface area contributed by atoms with E-state index < -0.39 is 12.1 Å². The minimum Gasteiger partial charge on any atom is -0.481 e. The predicted molar refractivity (Wildman–Crippen MR) is 125 cm³/mol. The zero-order chi connectivity index (χ0) is 23.8. The van der Waals surface area contributed by atoms with E-state index in [1.165, 1.54) is 4.52 Å². The number of aliphatic carboxylic acids is 1. The Kier molecular flexibility index (Phi) is 5.45. The van der Waals surface area contributed by atoms with E-state index >= 15 is 0 Å². The van der Waals surface area contributed by atoms with Gasteiger partial charge in [-0.05, 0) is 48.1 Å². The minimum absolute atomic E-state index is 0.00553. The van der Waals surface area contributed by atoms with Crippen LogP contribution in [0, 0.1) is 13.8 Å². The fourth-order valence-electron chi connectivity index (χ4n) is 4.58. The molecule has 2 N–H and O–H groups in total. The molecule has 34 heavy (non-hydrogen) atoms. The van der Waals surface area contributed by atoms with Gasteiger partial charge in [-0.1, -0.05) is 48.5 Å². The van der Waals surface area contributed by atoms with Crippen molar-refractivity contribution < 1.29 is 19.4 Å². The fraction of sp³-hybridized carbons (Fsp3) is 0.240. The Balaban J connectivity index is 1.31. The van der Waals surface area contributed by atoms with Crippen LogP contribution in [0.2, 0.25) is 0 Å². The van der Waals surface area contributed by atoms with Crippen molar-refractivity contribution in [2.24, 2.45) is 0 Å². The van der Waals surface area contributed by atoms with Crippen LogP contribution >= 0.6 is 0 Å². The molecule has 0 unspecified atom stereocenters. The largest absolute Gasteiger partial charge is 0.481 e. The molecule has 0 saturated carbocycles. The Bertz CT molecular complexity index is 1380. The number of aromatic nitrogens is 4. The number of nitrogens with zero attached hydrogens (tertiary/aromatic N) is 4. The Morgan fingerprint density at radius 1 is 1.03 bits per heavy atom. The highest BCUT2D eigenvalue weighted by molar-refractivity contribution is 5.83. The molecular weight excluding hydrogens is 434 g/mol. The molecule has 0 bridgehead atoms. The van der Waals surface area contributed by atoms with Crippen LogP contribution in [-0.4, -0.2) is 43.4 Å². The molecule has 0 saturated heterocycles. The van der Waals surface area contributed by atoms with Gasteiger partial charge in [-0.2, -0.15) is 9.50 Å². The first-order valence-corrected chi connectivity index (χ1v) is 11.0. The van der Waals surface area contributed by atoms with Gasteiger partial charge in [0.2, 0.25) is 0 Å². The first-order valence-electron chi connectivity index (χ1n) is 11.0. The lowest BCUT2D eigenvalue weighted by molar-refractivity contribution is -0.136. The van der Waals surface area contributed by atoms with E-state index in [9.17, 15) is 9.59 Å². The van der Waals surface area contributed by atoms with E-state index in [0.717, 1.165) is 33.5 Å². The predicted octanol–water partition coefficient (Wildman–Crippen LogP) is 4.12. The molecule has 4 aromatic rings. The summed E-state index contributed by atoms with van der Waals surface area (Å²) in [5.41, 5.74) is 6.79. The monoisotopic (exact) mass is 457 g/mol. The van der Waals surface area contributed by atoms with Crippen molar-refractivity contribution in [2.75, 3.05) is 11.9 Å². The quantitative estimate of drug-likeness (QED) is 0.447. The summed E-state index contributed by atoms with van der Waals surface area (Å²) >= 11 is 0. The maximum absolute atomic E-state index is 12.6. The van der Waals surface area contributed by atoms with Crippen molar-refractivity contribution in [1.29, 1.82) is 0 Å². The molecule has 5 rings (SSSR count). The smallest absolute Gasteiger partial charge is 0.414 e. The Morgan fingerprint density at radius 2 is 1.68 bits per heavy atom. The van der Waals surface area contributed by atoms with E-state index in [0.29, 0.717) is 17.9 Å². The Hall–Kier alpha value is -4.27. The number of ether oxygens (including phenoxy) is 1. The second-order valence-corrected chi connectivity index (χ2v) is 8.25. The number of rotatable bonds is 6. The van der Waals surface area contributed by atoms with Gasteiger partial charge >= 0.3 is 12.1 Å². The third-order valence-electron chi connectivity index (χ3n) is 6.20. The molecule has 0 aliphatic heterocycles. The molecular formula is C25H23N5O4. The first-order chi connectivity index (χ1) is 16.4. The van der Waals surface area contributed by atoms with Gasteiger partial charge in [0.1, 0.15) is 6.61 Å². The third kappa shape index (κ3) is 3.85. The molecule has 9 nitrogen and oxygen atoms in total. The normalized spacial score (nSPS) is 12.4. The topological polar surface area (TPSA) is 119 Å². The van der Waals surface area contributed by atoms with Gasteiger partial charge in [0, 0.05) is 23.7 Å². The number of carbonyl (C=O) groups is 2. The Morgan fingerprint density at radius 3 is 2.32 bits per heavy atom. The molecule has 0 spiro atoms. The highest BCUT2D eigenvalue weighted by atomic mass is 16.5. The molecule has 172 valence electrons. The zero-order valence-electron chi connectivity index (χ0n) is 18.8. The standard InChI is InChI=1S/C25H23N5O4/c1-14-16(11-12-22(31)32)15(2)30-24(26-14)27-23(29-30)28-25(33)34-13-21-19-9-5-3-7-17(19)18-8-4-6-10-20(18)21/h3-10,21H,11-13H2,1-2H3,(H,31,32)(H,28,29,33). The van der Waals surface area contributed by atoms with E-state index in [4.69, 9.17) is 9.84 Å². The maximum atomic E-state index is 12.6. The van der Waals surface area contributed by atoms with Crippen LogP contribution in [0.4, 0.5) is 10.7 Å². The van der Waals surface area contributed by atoms with Crippen molar-refractivity contribution in [3.8, 4) is 11.1 Å². The molecule has 1 aliphatic rings. The number of nitrogens with one attached hydrogen (secondary N) is 1. The fourth-order valence-corrected chi connectivity index (χ4v) is 4.58. The molecule has 2 aromatic heterocycles. The molecule has 2 aromatic carbocycles. The number of hydrogen-bond donors (Lipinski definition) is 2. The number of carboxylic acids is 1. The number of benzene rings is 2. The molecule has 0 radical (unpaired) electrons. The second kappa shape index (κ2) is 8.58. The van der Waals surface area contributed by atoms with Crippen LogP contribution in [0.15, 0.2) is 48.5 Å². The second-order valence-electron chi connectivity index (χ2n) is 8.25. The molecule has 0 fully saturated rings. The number of amides is 1. The first kappa shape index (κ1) is 21.6. The number of hydrogen-bond acceptors (Lipinski definition) is 6. The van der Waals surface area contributed by atoms with Gasteiger partial charge in [-0.25, -0.2) is 9.78 Å². The van der Waals surface area contributed by atoms with Crippen LogP contribution in [0.1, 0.15) is 40.4 Å². The van der Waals surface area contributed by atoms with Gasteiger partial charge in [-0.15, -0.1) is 5.10 Å². The van der Waals surface area contributed by atoms with Crippen LogP contribution in [0.3, 0.4) is 0 Å². The minimum atomic E-state index is -0.880. The lowest BCUT2D eigenvalue weighted by Crippen LogP contribution is -2.18. The summed E-state index contributed by atoms with van der Waals surface area (Å²) < 4.78 is 7.06.